The average Bonchev–Trinajstić information content (AvgIpc) is 3.17. The third kappa shape index (κ3) is 4.53. The van der Waals surface area contributed by atoms with Gasteiger partial charge in [-0.3, -0.25) is 24.6 Å². The largest absolute Gasteiger partial charge is 0.381 e. The van der Waals surface area contributed by atoms with Crippen LogP contribution in [0.15, 0.2) is 36.4 Å². The molecule has 0 aromatic heterocycles. The van der Waals surface area contributed by atoms with Crippen molar-refractivity contribution in [3.05, 3.63) is 64.5 Å². The number of nitrogens with one attached hydrogen (secondary N) is 2. The van der Waals surface area contributed by atoms with Crippen molar-refractivity contribution in [2.45, 2.75) is 38.3 Å². The third-order valence-corrected chi connectivity index (χ3v) is 5.28. The van der Waals surface area contributed by atoms with Crippen molar-refractivity contribution in [1.82, 2.24) is 15.1 Å². The maximum Gasteiger partial charge on any atom is 0.255 e. The molecule has 2 saturated heterocycles. The number of fused-ring (bicyclic) bond motifs is 1. The van der Waals surface area contributed by atoms with E-state index < -0.39 is 84.2 Å². The maximum absolute atomic E-state index is 15.1. The molecule has 0 bridgehead atoms. The molecule has 2 fully saturated rings. The van der Waals surface area contributed by atoms with Gasteiger partial charge in [-0.25, -0.2) is 4.39 Å². The van der Waals surface area contributed by atoms with Gasteiger partial charge in [0.15, 0.2) is 0 Å². The fourth-order valence-electron chi connectivity index (χ4n) is 3.60. The van der Waals surface area contributed by atoms with Crippen LogP contribution in [0.1, 0.15) is 54.9 Å². The molecule has 8 nitrogen and oxygen atoms in total. The number of anilines is 1. The zero-order chi connectivity index (χ0) is 33.5. The summed E-state index contributed by atoms with van der Waals surface area (Å²) in [6.45, 7) is -7.33. The molecular formula is C25H27FN4O4. The first-order valence-corrected chi connectivity index (χ1v) is 10.4. The molecule has 0 radical (unpaired) electrons. The monoisotopic (exact) mass is 477 g/mol. The van der Waals surface area contributed by atoms with Crippen molar-refractivity contribution in [1.29, 1.82) is 0 Å². The number of nitrogens with zero attached hydrogens (tertiary/aromatic N) is 2. The Balaban J connectivity index is 1.56. The van der Waals surface area contributed by atoms with E-state index in [1.807, 2.05) is 0 Å². The third-order valence-electron chi connectivity index (χ3n) is 5.28. The van der Waals surface area contributed by atoms with Crippen LogP contribution >= 0.6 is 0 Å². The summed E-state index contributed by atoms with van der Waals surface area (Å²) in [5.74, 6) is -6.02. The van der Waals surface area contributed by atoms with Crippen LogP contribution in [0.2, 0.25) is 0 Å². The molecule has 178 valence electrons. The van der Waals surface area contributed by atoms with Crippen molar-refractivity contribution in [3.8, 4) is 0 Å². The first-order valence-electron chi connectivity index (χ1n) is 15.9. The lowest BCUT2D eigenvalue weighted by atomic mass is 10.0. The summed E-state index contributed by atoms with van der Waals surface area (Å²) in [6.07, 6.45) is -7.32. The Morgan fingerprint density at radius 2 is 2.06 bits per heavy atom. The predicted molar refractivity (Wildman–Crippen MR) is 122 cm³/mol. The fourth-order valence-corrected chi connectivity index (χ4v) is 3.60. The van der Waals surface area contributed by atoms with E-state index in [1.165, 1.54) is 22.3 Å². The van der Waals surface area contributed by atoms with Crippen LogP contribution < -0.4 is 10.6 Å². The molecule has 3 heterocycles. The second kappa shape index (κ2) is 9.52. The van der Waals surface area contributed by atoms with Gasteiger partial charge in [-0.05, 0) is 36.2 Å². The van der Waals surface area contributed by atoms with E-state index >= 15 is 4.39 Å². The smallest absolute Gasteiger partial charge is 0.255 e. The molecule has 1 atom stereocenters. The molecule has 5 rings (SSSR count). The Bertz CT molecular complexity index is 1600. The summed E-state index contributed by atoms with van der Waals surface area (Å²) < 4.78 is 114. The van der Waals surface area contributed by atoms with E-state index in [1.54, 1.807) is 0 Å². The number of halogens is 1. The summed E-state index contributed by atoms with van der Waals surface area (Å²) in [5.41, 5.74) is -2.40. The predicted octanol–water partition coefficient (Wildman–Crippen LogP) is 2.03. The van der Waals surface area contributed by atoms with Gasteiger partial charge in [-0.15, -0.1) is 0 Å². The van der Waals surface area contributed by atoms with E-state index in [0.717, 1.165) is 24.3 Å². The number of ether oxygens (including phenoxy) is 1. The minimum absolute atomic E-state index is 0.0769. The number of piperidine rings is 1. The summed E-state index contributed by atoms with van der Waals surface area (Å²) in [5, 5.41) is 3.84. The van der Waals surface area contributed by atoms with E-state index in [4.69, 9.17) is 19.8 Å². The minimum atomic E-state index is -3.77. The van der Waals surface area contributed by atoms with Crippen LogP contribution in [0.5, 0.6) is 0 Å². The molecule has 3 amide bonds. The molecule has 0 aliphatic carbocycles. The number of imide groups is 1. The Morgan fingerprint density at radius 3 is 2.88 bits per heavy atom. The Labute approximate surface area is 212 Å². The standard InChI is InChI=1S/C25H27FN4O4/c26-20-5-4-16(14-29-8-10-34-11-9-29)12-17(20)13-27-21-3-1-2-18-19(21)15-30(25(18)33)22-6-7-23(31)28-24(22)32/h1-5,12,22,27H,6-11,13-15H2,(H,28,31,32)/i6D2,7D2,13D2,14D2,15D2,22D. The number of benzene rings is 2. The molecule has 0 spiro atoms. The number of amides is 3. The number of rotatable bonds is 6. The highest BCUT2D eigenvalue weighted by Crippen LogP contribution is 2.32. The fraction of sp³-hybridized carbons (Fsp3) is 0.400. The normalized spacial score (nSPS) is 33.1. The Hall–Kier alpha value is -3.30. The highest BCUT2D eigenvalue weighted by atomic mass is 19.1. The lowest BCUT2D eigenvalue weighted by molar-refractivity contribution is -0.136. The van der Waals surface area contributed by atoms with Crippen LogP contribution in [0, 0.1) is 5.82 Å². The lowest BCUT2D eigenvalue weighted by Crippen LogP contribution is -2.52. The summed E-state index contributed by atoms with van der Waals surface area (Å²) in [7, 11) is 0. The van der Waals surface area contributed by atoms with Crippen molar-refractivity contribution in [3.63, 3.8) is 0 Å². The van der Waals surface area contributed by atoms with E-state index in [-0.39, 0.29) is 36.8 Å². The van der Waals surface area contributed by atoms with Crippen LogP contribution in [0.3, 0.4) is 0 Å². The lowest BCUT2D eigenvalue weighted by Gasteiger charge is -2.29. The SMILES string of the molecule is [2H]C([2H])(Nc1cccc2c1C([2H])([2H])N(C1([2H])C(=O)NC(=O)C([2H])([2H])C1([2H])[2H])C2=O)c1cc(C([2H])([2H])N2CCOCC2)ccc1F. The molecule has 3 aliphatic heterocycles. The zero-order valence-corrected chi connectivity index (χ0v) is 17.7. The first kappa shape index (κ1) is 13.0. The number of carbonyl (C=O) groups is 3. The molecule has 2 aromatic carbocycles. The van der Waals surface area contributed by atoms with Crippen molar-refractivity contribution in [2.75, 3.05) is 31.6 Å². The average molecular weight is 478 g/mol. The second-order valence-electron chi connectivity index (χ2n) is 7.52. The van der Waals surface area contributed by atoms with Gasteiger partial charge in [0.05, 0.1) is 20.1 Å². The van der Waals surface area contributed by atoms with Crippen molar-refractivity contribution >= 4 is 23.4 Å². The summed E-state index contributed by atoms with van der Waals surface area (Å²) in [4.78, 5) is 39.9. The molecule has 3 aliphatic rings. The Morgan fingerprint density at radius 1 is 1.24 bits per heavy atom. The van der Waals surface area contributed by atoms with Gasteiger partial charge >= 0.3 is 0 Å². The Kier molecular flexibility index (Phi) is 3.63. The van der Waals surface area contributed by atoms with Gasteiger partial charge < -0.3 is 15.0 Å². The van der Waals surface area contributed by atoms with Gasteiger partial charge in [0.1, 0.15) is 11.8 Å². The van der Waals surface area contributed by atoms with Crippen molar-refractivity contribution < 1.29 is 38.6 Å². The van der Waals surface area contributed by atoms with Crippen LogP contribution in [0.25, 0.3) is 0 Å². The van der Waals surface area contributed by atoms with Gasteiger partial charge in [-0.1, -0.05) is 12.1 Å². The first-order chi connectivity index (χ1) is 20.6. The highest BCUT2D eigenvalue weighted by molar-refractivity contribution is 6.06. The topological polar surface area (TPSA) is 91.0 Å². The molecule has 2 N–H and O–H groups in total. The van der Waals surface area contributed by atoms with Gasteiger partial charge in [0, 0.05) is 69.6 Å². The molecule has 1 unspecified atom stereocenters. The molecule has 34 heavy (non-hydrogen) atoms. The van der Waals surface area contributed by atoms with E-state index in [2.05, 4.69) is 5.32 Å². The molecule has 0 saturated carbocycles. The quantitative estimate of drug-likeness (QED) is 0.619. The van der Waals surface area contributed by atoms with Crippen LogP contribution in [0.4, 0.5) is 10.1 Å². The minimum Gasteiger partial charge on any atom is -0.381 e. The summed E-state index contributed by atoms with van der Waals surface area (Å²) >= 11 is 0. The van der Waals surface area contributed by atoms with Crippen LogP contribution in [-0.4, -0.2) is 59.8 Å². The number of hydrogen-bond donors (Lipinski definition) is 2. The van der Waals surface area contributed by atoms with Gasteiger partial charge in [0.2, 0.25) is 11.8 Å². The van der Waals surface area contributed by atoms with Gasteiger partial charge in [0.25, 0.3) is 5.91 Å². The zero-order valence-electron chi connectivity index (χ0n) is 28.7. The second-order valence-corrected chi connectivity index (χ2v) is 7.52. The van der Waals surface area contributed by atoms with Gasteiger partial charge in [-0.2, -0.15) is 0 Å². The molecule has 2 aromatic rings. The summed E-state index contributed by atoms with van der Waals surface area (Å²) in [6, 6.07) is 2.74. The van der Waals surface area contributed by atoms with E-state index in [9.17, 15) is 14.4 Å². The number of morpholine rings is 1. The molecular weight excluding hydrogens is 439 g/mol. The van der Waals surface area contributed by atoms with Crippen LogP contribution in [-0.2, 0) is 33.8 Å². The molecule has 9 heteroatoms. The number of carbonyl (C=O) groups excluding carboxylic acids is 3. The highest BCUT2D eigenvalue weighted by Gasteiger charge is 2.39. The van der Waals surface area contributed by atoms with E-state index in [0.29, 0.717) is 0 Å². The number of hydrogen-bond acceptors (Lipinski definition) is 6. The van der Waals surface area contributed by atoms with Crippen molar-refractivity contribution in [2.24, 2.45) is 0 Å². The maximum atomic E-state index is 15.1.